The maximum absolute atomic E-state index is 12.5. The summed E-state index contributed by atoms with van der Waals surface area (Å²) < 4.78 is 5.42. The fourth-order valence-corrected chi connectivity index (χ4v) is 4.44. The Kier molecular flexibility index (Phi) is 9.42. The number of aromatic nitrogens is 1. The first kappa shape index (κ1) is 24.9. The van der Waals surface area contributed by atoms with Crippen molar-refractivity contribution >= 4 is 17.4 Å². The van der Waals surface area contributed by atoms with Crippen molar-refractivity contribution in [3.8, 4) is 0 Å². The number of nitrogens with two attached hydrogens (primary N) is 1. The minimum absolute atomic E-state index is 0.151. The van der Waals surface area contributed by atoms with Crippen LogP contribution < -0.4 is 11.1 Å². The summed E-state index contributed by atoms with van der Waals surface area (Å²) in [6, 6.07) is 19.0. The number of ether oxygens (including phenoxy) is 1. The summed E-state index contributed by atoms with van der Waals surface area (Å²) in [6.45, 7) is 4.31. The van der Waals surface area contributed by atoms with E-state index in [2.05, 4.69) is 24.1 Å². The molecular formula is C26H33N3O3S. The number of thiazole rings is 1. The van der Waals surface area contributed by atoms with Gasteiger partial charge in [0.1, 0.15) is 6.61 Å². The third kappa shape index (κ3) is 8.28. The second-order valence-corrected chi connectivity index (χ2v) is 9.74. The molecule has 0 saturated heterocycles. The van der Waals surface area contributed by atoms with E-state index in [1.54, 1.807) is 6.20 Å². The molecule has 0 saturated carbocycles. The van der Waals surface area contributed by atoms with Gasteiger partial charge in [-0.2, -0.15) is 0 Å². The third-order valence-electron chi connectivity index (χ3n) is 5.36. The Morgan fingerprint density at radius 2 is 1.67 bits per heavy atom. The SMILES string of the molecule is CC(C)c1ncc(COC(=O)NC(Cc2ccccc2)C(O)CC(N)Cc2ccccc2)s1. The number of aliphatic hydroxyl groups is 1. The molecule has 3 rings (SSSR count). The number of nitrogens with zero attached hydrogens (tertiary/aromatic N) is 1. The number of aliphatic hydroxyl groups excluding tert-OH is 1. The summed E-state index contributed by atoms with van der Waals surface area (Å²) in [6.07, 6.45) is 1.86. The van der Waals surface area contributed by atoms with Crippen LogP contribution in [-0.4, -0.2) is 34.4 Å². The topological polar surface area (TPSA) is 97.5 Å². The van der Waals surface area contributed by atoms with Crippen LogP contribution in [0.15, 0.2) is 66.9 Å². The van der Waals surface area contributed by atoms with Gasteiger partial charge in [-0.3, -0.25) is 0 Å². The normalized spacial score (nSPS) is 14.0. The highest BCUT2D eigenvalue weighted by molar-refractivity contribution is 7.11. The maximum Gasteiger partial charge on any atom is 0.407 e. The van der Waals surface area contributed by atoms with E-state index in [4.69, 9.17) is 10.5 Å². The van der Waals surface area contributed by atoms with Crippen molar-refractivity contribution in [3.63, 3.8) is 0 Å². The number of alkyl carbamates (subject to hydrolysis) is 1. The van der Waals surface area contributed by atoms with Crippen LogP contribution in [0.1, 0.15) is 47.2 Å². The summed E-state index contributed by atoms with van der Waals surface area (Å²) in [7, 11) is 0. The molecule has 0 fully saturated rings. The van der Waals surface area contributed by atoms with E-state index in [1.165, 1.54) is 11.3 Å². The van der Waals surface area contributed by atoms with Crippen LogP contribution in [0.5, 0.6) is 0 Å². The van der Waals surface area contributed by atoms with Crippen LogP contribution >= 0.6 is 11.3 Å². The Hall–Kier alpha value is -2.74. The predicted molar refractivity (Wildman–Crippen MR) is 132 cm³/mol. The Bertz CT molecular complexity index is 979. The monoisotopic (exact) mass is 467 g/mol. The Morgan fingerprint density at radius 3 is 2.24 bits per heavy atom. The van der Waals surface area contributed by atoms with Gasteiger partial charge in [-0.15, -0.1) is 11.3 Å². The first-order chi connectivity index (χ1) is 15.9. The van der Waals surface area contributed by atoms with Crippen molar-refractivity contribution in [1.82, 2.24) is 10.3 Å². The molecule has 2 aromatic carbocycles. The van der Waals surface area contributed by atoms with Crippen molar-refractivity contribution < 1.29 is 14.6 Å². The Balaban J connectivity index is 1.59. The molecule has 0 aliphatic carbocycles. The second-order valence-electron chi connectivity index (χ2n) is 8.59. The molecule has 0 radical (unpaired) electrons. The van der Waals surface area contributed by atoms with E-state index in [1.807, 2.05) is 60.7 Å². The number of benzene rings is 2. The van der Waals surface area contributed by atoms with Crippen molar-refractivity contribution in [2.75, 3.05) is 0 Å². The summed E-state index contributed by atoms with van der Waals surface area (Å²) in [5.74, 6) is 0.336. The van der Waals surface area contributed by atoms with E-state index in [0.717, 1.165) is 21.0 Å². The molecule has 3 aromatic rings. The minimum Gasteiger partial charge on any atom is -0.444 e. The van der Waals surface area contributed by atoms with Crippen molar-refractivity contribution in [2.24, 2.45) is 5.73 Å². The number of amides is 1. The standard InChI is InChI=1S/C26H33N3O3S/c1-18(2)25-28-16-22(33-25)17-32-26(31)29-23(14-20-11-7-4-8-12-20)24(30)15-21(27)13-19-9-5-3-6-10-19/h3-12,16,18,21,23-24,30H,13-15,17,27H2,1-2H3,(H,29,31). The molecule has 33 heavy (non-hydrogen) atoms. The lowest BCUT2D eigenvalue weighted by atomic mass is 9.94. The fourth-order valence-electron chi connectivity index (χ4n) is 3.61. The van der Waals surface area contributed by atoms with Gasteiger partial charge in [-0.05, 0) is 30.4 Å². The molecule has 4 N–H and O–H groups in total. The number of hydrogen-bond donors (Lipinski definition) is 3. The van der Waals surface area contributed by atoms with E-state index < -0.39 is 18.2 Å². The van der Waals surface area contributed by atoms with E-state index >= 15 is 0 Å². The van der Waals surface area contributed by atoms with Gasteiger partial charge in [0.2, 0.25) is 0 Å². The molecule has 1 heterocycles. The minimum atomic E-state index is -0.813. The summed E-state index contributed by atoms with van der Waals surface area (Å²) in [4.78, 5) is 17.8. The van der Waals surface area contributed by atoms with Gasteiger partial charge < -0.3 is 20.9 Å². The predicted octanol–water partition coefficient (Wildman–Crippen LogP) is 4.43. The fraction of sp³-hybridized carbons (Fsp3) is 0.385. The van der Waals surface area contributed by atoms with Crippen molar-refractivity contribution in [2.45, 2.75) is 63.8 Å². The molecule has 176 valence electrons. The lowest BCUT2D eigenvalue weighted by Crippen LogP contribution is -2.47. The molecule has 7 heteroatoms. The average Bonchev–Trinajstić information content (AvgIpc) is 3.28. The number of nitrogens with one attached hydrogen (secondary N) is 1. The first-order valence-electron chi connectivity index (χ1n) is 11.3. The summed E-state index contributed by atoms with van der Waals surface area (Å²) in [5.41, 5.74) is 8.46. The van der Waals surface area contributed by atoms with Gasteiger partial charge in [0.25, 0.3) is 0 Å². The first-order valence-corrected chi connectivity index (χ1v) is 12.1. The number of carbonyl (C=O) groups excluding carboxylic acids is 1. The Labute approximate surface area is 199 Å². The molecule has 0 spiro atoms. The van der Waals surface area contributed by atoms with Gasteiger partial charge >= 0.3 is 6.09 Å². The quantitative estimate of drug-likeness (QED) is 0.388. The van der Waals surface area contributed by atoms with Gasteiger partial charge in [0.15, 0.2) is 0 Å². The van der Waals surface area contributed by atoms with Crippen LogP contribution in [0.2, 0.25) is 0 Å². The smallest absolute Gasteiger partial charge is 0.407 e. The zero-order valence-electron chi connectivity index (χ0n) is 19.2. The summed E-state index contributed by atoms with van der Waals surface area (Å²) in [5, 5.41) is 14.8. The lowest BCUT2D eigenvalue weighted by molar-refractivity contribution is 0.0925. The molecule has 3 unspecified atom stereocenters. The largest absolute Gasteiger partial charge is 0.444 e. The maximum atomic E-state index is 12.5. The van der Waals surface area contributed by atoms with Crippen LogP contribution in [0.4, 0.5) is 4.79 Å². The zero-order valence-corrected chi connectivity index (χ0v) is 20.0. The Morgan fingerprint density at radius 1 is 1.06 bits per heavy atom. The third-order valence-corrected chi connectivity index (χ3v) is 6.63. The molecule has 0 bridgehead atoms. The van der Waals surface area contributed by atoms with E-state index in [0.29, 0.717) is 25.2 Å². The molecule has 6 nitrogen and oxygen atoms in total. The summed E-state index contributed by atoms with van der Waals surface area (Å²) >= 11 is 1.54. The van der Waals surface area contributed by atoms with Gasteiger partial charge in [0.05, 0.1) is 22.0 Å². The highest BCUT2D eigenvalue weighted by Crippen LogP contribution is 2.21. The van der Waals surface area contributed by atoms with E-state index in [-0.39, 0.29) is 12.6 Å². The highest BCUT2D eigenvalue weighted by Gasteiger charge is 2.25. The van der Waals surface area contributed by atoms with Gasteiger partial charge in [0, 0.05) is 18.2 Å². The molecular weight excluding hydrogens is 434 g/mol. The van der Waals surface area contributed by atoms with Crippen LogP contribution in [0.3, 0.4) is 0 Å². The van der Waals surface area contributed by atoms with E-state index in [9.17, 15) is 9.90 Å². The average molecular weight is 468 g/mol. The number of rotatable bonds is 11. The molecule has 1 amide bonds. The lowest BCUT2D eigenvalue weighted by Gasteiger charge is -2.26. The molecule has 3 atom stereocenters. The highest BCUT2D eigenvalue weighted by atomic mass is 32.1. The number of hydrogen-bond acceptors (Lipinski definition) is 6. The van der Waals surface area contributed by atoms with Crippen LogP contribution in [0, 0.1) is 0 Å². The molecule has 0 aliphatic rings. The van der Waals surface area contributed by atoms with Crippen LogP contribution in [-0.2, 0) is 24.2 Å². The molecule has 1 aromatic heterocycles. The van der Waals surface area contributed by atoms with Crippen LogP contribution in [0.25, 0.3) is 0 Å². The van der Waals surface area contributed by atoms with Crippen molar-refractivity contribution in [3.05, 3.63) is 87.9 Å². The van der Waals surface area contributed by atoms with Crippen molar-refractivity contribution in [1.29, 1.82) is 0 Å². The van der Waals surface area contributed by atoms with Gasteiger partial charge in [-0.25, -0.2) is 9.78 Å². The van der Waals surface area contributed by atoms with Gasteiger partial charge in [-0.1, -0.05) is 74.5 Å². The second kappa shape index (κ2) is 12.5. The molecule has 0 aliphatic heterocycles. The number of carbonyl (C=O) groups is 1. The zero-order chi connectivity index (χ0) is 23.6.